The van der Waals surface area contributed by atoms with Crippen LogP contribution in [0.15, 0.2) is 30.5 Å². The van der Waals surface area contributed by atoms with E-state index < -0.39 is 0 Å². The highest BCUT2D eigenvalue weighted by Gasteiger charge is 2.15. The standard InChI is InChI=1S/C16H20N2OS2/c19-16(18-10-13-11-20-7-8-21-13)6-5-12-9-17-15-4-2-1-3-14(12)15/h1-4,9,13,17H,5-8,10-11H2,(H,18,19). The number of hydrogen-bond donors (Lipinski definition) is 2. The lowest BCUT2D eigenvalue weighted by molar-refractivity contribution is -0.121. The van der Waals surface area contributed by atoms with Gasteiger partial charge in [0.1, 0.15) is 0 Å². The summed E-state index contributed by atoms with van der Waals surface area (Å²) in [5.41, 5.74) is 2.37. The van der Waals surface area contributed by atoms with Gasteiger partial charge >= 0.3 is 0 Å². The third-order valence-electron chi connectivity index (χ3n) is 3.71. The van der Waals surface area contributed by atoms with Crippen LogP contribution in [0.25, 0.3) is 10.9 Å². The first-order chi connectivity index (χ1) is 10.3. The van der Waals surface area contributed by atoms with Crippen molar-refractivity contribution in [2.75, 3.05) is 23.8 Å². The van der Waals surface area contributed by atoms with Gasteiger partial charge in [-0.3, -0.25) is 4.79 Å². The zero-order valence-corrected chi connectivity index (χ0v) is 13.6. The molecule has 2 heterocycles. The number of H-pyrrole nitrogens is 1. The fourth-order valence-corrected chi connectivity index (χ4v) is 5.17. The van der Waals surface area contributed by atoms with E-state index in [2.05, 4.69) is 22.4 Å². The fourth-order valence-electron chi connectivity index (χ4n) is 2.56. The zero-order valence-electron chi connectivity index (χ0n) is 11.9. The molecule has 21 heavy (non-hydrogen) atoms. The number of hydrogen-bond acceptors (Lipinski definition) is 3. The van der Waals surface area contributed by atoms with Crippen LogP contribution in [0.1, 0.15) is 12.0 Å². The molecule has 0 radical (unpaired) electrons. The number of benzene rings is 1. The summed E-state index contributed by atoms with van der Waals surface area (Å²) in [6.45, 7) is 0.810. The van der Waals surface area contributed by atoms with Crippen molar-refractivity contribution in [1.29, 1.82) is 0 Å². The molecule has 0 saturated carbocycles. The molecule has 0 bridgehead atoms. The molecule has 3 rings (SSSR count). The maximum Gasteiger partial charge on any atom is 0.220 e. The van der Waals surface area contributed by atoms with Gasteiger partial charge < -0.3 is 10.3 Å². The highest BCUT2D eigenvalue weighted by molar-refractivity contribution is 8.06. The lowest BCUT2D eigenvalue weighted by atomic mass is 10.1. The van der Waals surface area contributed by atoms with E-state index in [1.54, 1.807) is 0 Å². The Hall–Kier alpha value is -1.07. The van der Waals surface area contributed by atoms with Crippen LogP contribution in [0.5, 0.6) is 0 Å². The maximum absolute atomic E-state index is 12.0. The Labute approximate surface area is 133 Å². The van der Waals surface area contributed by atoms with E-state index in [1.165, 1.54) is 22.5 Å². The number of aryl methyl sites for hydroxylation is 1. The van der Waals surface area contributed by atoms with Crippen LogP contribution < -0.4 is 5.32 Å². The molecular weight excluding hydrogens is 300 g/mol. The van der Waals surface area contributed by atoms with Gasteiger partial charge in [-0.15, -0.1) is 0 Å². The van der Waals surface area contributed by atoms with Crippen molar-refractivity contribution in [2.24, 2.45) is 0 Å². The minimum absolute atomic E-state index is 0.163. The zero-order chi connectivity index (χ0) is 14.5. The van der Waals surface area contributed by atoms with Gasteiger partial charge in [0.05, 0.1) is 0 Å². The molecule has 1 aromatic heterocycles. The monoisotopic (exact) mass is 320 g/mol. The quantitative estimate of drug-likeness (QED) is 0.890. The Morgan fingerprint density at radius 3 is 3.10 bits per heavy atom. The van der Waals surface area contributed by atoms with Crippen molar-refractivity contribution in [1.82, 2.24) is 10.3 Å². The summed E-state index contributed by atoms with van der Waals surface area (Å²) in [4.78, 5) is 15.2. The number of rotatable bonds is 5. The van der Waals surface area contributed by atoms with E-state index in [-0.39, 0.29) is 5.91 Å². The van der Waals surface area contributed by atoms with Crippen LogP contribution >= 0.6 is 23.5 Å². The van der Waals surface area contributed by atoms with Crippen LogP contribution in [0.2, 0.25) is 0 Å². The minimum atomic E-state index is 0.163. The first kappa shape index (κ1) is 14.9. The molecule has 112 valence electrons. The largest absolute Gasteiger partial charge is 0.361 e. The van der Waals surface area contributed by atoms with Crippen molar-refractivity contribution in [3.05, 3.63) is 36.0 Å². The lowest BCUT2D eigenvalue weighted by Crippen LogP contribution is -2.33. The average molecular weight is 320 g/mol. The van der Waals surface area contributed by atoms with Gasteiger partial charge in [0.15, 0.2) is 0 Å². The number of thioether (sulfide) groups is 2. The van der Waals surface area contributed by atoms with Crippen LogP contribution in [0.4, 0.5) is 0 Å². The van der Waals surface area contributed by atoms with Gasteiger partial charge in [0.2, 0.25) is 5.91 Å². The molecular formula is C16H20N2OS2. The van der Waals surface area contributed by atoms with Crippen molar-refractivity contribution >= 4 is 40.3 Å². The Morgan fingerprint density at radius 2 is 2.24 bits per heavy atom. The molecule has 1 aliphatic heterocycles. The molecule has 1 aliphatic rings. The van der Waals surface area contributed by atoms with Crippen molar-refractivity contribution in [3.63, 3.8) is 0 Å². The average Bonchev–Trinajstić information content (AvgIpc) is 2.95. The van der Waals surface area contributed by atoms with Crippen LogP contribution in [-0.2, 0) is 11.2 Å². The predicted octanol–water partition coefficient (Wildman–Crippen LogP) is 3.07. The van der Waals surface area contributed by atoms with E-state index in [9.17, 15) is 4.79 Å². The molecule has 1 unspecified atom stereocenters. The second kappa shape index (κ2) is 7.27. The van der Waals surface area contributed by atoms with Gasteiger partial charge in [-0.2, -0.15) is 23.5 Å². The van der Waals surface area contributed by atoms with Crippen molar-refractivity contribution in [2.45, 2.75) is 18.1 Å². The molecule has 2 aromatic rings. The van der Waals surface area contributed by atoms with Crippen LogP contribution in [0, 0.1) is 0 Å². The van der Waals surface area contributed by atoms with E-state index in [1.807, 2.05) is 41.9 Å². The van der Waals surface area contributed by atoms with Gasteiger partial charge in [-0.25, -0.2) is 0 Å². The van der Waals surface area contributed by atoms with Crippen LogP contribution in [0.3, 0.4) is 0 Å². The fraction of sp³-hybridized carbons (Fsp3) is 0.438. The van der Waals surface area contributed by atoms with E-state index in [0.717, 1.165) is 24.2 Å². The SMILES string of the molecule is O=C(CCc1c[nH]c2ccccc12)NCC1CSCCS1. The van der Waals surface area contributed by atoms with Gasteiger partial charge in [0.25, 0.3) is 0 Å². The maximum atomic E-state index is 12.0. The number of aromatic amines is 1. The summed E-state index contributed by atoms with van der Waals surface area (Å²) in [5.74, 6) is 3.78. The van der Waals surface area contributed by atoms with Crippen molar-refractivity contribution < 1.29 is 4.79 Å². The summed E-state index contributed by atoms with van der Waals surface area (Å²) < 4.78 is 0. The number of amides is 1. The third-order valence-corrected chi connectivity index (χ3v) is 6.55. The molecule has 5 heteroatoms. The number of carbonyl (C=O) groups excluding carboxylic acids is 1. The Bertz CT molecular complexity index is 605. The smallest absolute Gasteiger partial charge is 0.220 e. The number of para-hydroxylation sites is 1. The summed E-state index contributed by atoms with van der Waals surface area (Å²) in [5, 5.41) is 4.89. The number of aromatic nitrogens is 1. The Balaban J connectivity index is 1.47. The molecule has 3 nitrogen and oxygen atoms in total. The third kappa shape index (κ3) is 3.98. The molecule has 1 fully saturated rings. The molecule has 2 N–H and O–H groups in total. The lowest BCUT2D eigenvalue weighted by Gasteiger charge is -2.21. The first-order valence-corrected chi connectivity index (χ1v) is 9.54. The number of nitrogens with one attached hydrogen (secondary N) is 2. The molecule has 1 aromatic carbocycles. The summed E-state index contributed by atoms with van der Waals surface area (Å²) in [7, 11) is 0. The topological polar surface area (TPSA) is 44.9 Å². The van der Waals surface area contributed by atoms with Crippen LogP contribution in [-0.4, -0.2) is 39.9 Å². The van der Waals surface area contributed by atoms with E-state index in [4.69, 9.17) is 0 Å². The highest BCUT2D eigenvalue weighted by Crippen LogP contribution is 2.23. The van der Waals surface area contributed by atoms with Gasteiger partial charge in [-0.05, 0) is 18.1 Å². The summed E-state index contributed by atoms with van der Waals surface area (Å²) in [6, 6.07) is 8.23. The number of fused-ring (bicyclic) bond motifs is 1. The second-order valence-electron chi connectivity index (χ2n) is 5.23. The first-order valence-electron chi connectivity index (χ1n) is 7.34. The summed E-state index contributed by atoms with van der Waals surface area (Å²) >= 11 is 3.97. The molecule has 0 spiro atoms. The van der Waals surface area contributed by atoms with Gasteiger partial charge in [0, 0.05) is 52.6 Å². The molecule has 1 atom stereocenters. The van der Waals surface area contributed by atoms with E-state index in [0.29, 0.717) is 11.7 Å². The second-order valence-corrected chi connectivity index (χ2v) is 7.79. The van der Waals surface area contributed by atoms with Gasteiger partial charge in [-0.1, -0.05) is 18.2 Å². The number of carbonyl (C=O) groups is 1. The Morgan fingerprint density at radius 1 is 1.33 bits per heavy atom. The Kier molecular flexibility index (Phi) is 5.14. The van der Waals surface area contributed by atoms with E-state index >= 15 is 0 Å². The normalized spacial score (nSPS) is 18.8. The summed E-state index contributed by atoms with van der Waals surface area (Å²) in [6.07, 6.45) is 3.38. The molecule has 1 saturated heterocycles. The molecule has 0 aliphatic carbocycles. The predicted molar refractivity (Wildman–Crippen MR) is 93.2 cm³/mol. The van der Waals surface area contributed by atoms with Crippen molar-refractivity contribution in [3.8, 4) is 0 Å². The molecule has 1 amide bonds. The highest BCUT2D eigenvalue weighted by atomic mass is 32.2. The minimum Gasteiger partial charge on any atom is -0.361 e.